The molecule has 1 amide bonds. The SMILES string of the molecule is NC(=O)CONCC(O)COc1cnsn1. The van der Waals surface area contributed by atoms with Crippen molar-refractivity contribution in [1.29, 1.82) is 0 Å². The molecule has 0 saturated heterocycles. The van der Waals surface area contributed by atoms with E-state index >= 15 is 0 Å². The number of primary amides is 1. The zero-order valence-corrected chi connectivity index (χ0v) is 9.14. The molecule has 8 nitrogen and oxygen atoms in total. The highest BCUT2D eigenvalue weighted by Crippen LogP contribution is 2.04. The molecular formula is C7H12N4O4S. The summed E-state index contributed by atoms with van der Waals surface area (Å²) in [5, 5.41) is 9.38. The molecule has 90 valence electrons. The minimum Gasteiger partial charge on any atom is -0.473 e. The van der Waals surface area contributed by atoms with Gasteiger partial charge in [-0.3, -0.25) is 9.63 Å². The van der Waals surface area contributed by atoms with Crippen molar-refractivity contribution in [2.75, 3.05) is 19.8 Å². The van der Waals surface area contributed by atoms with Crippen LogP contribution in [0.5, 0.6) is 5.88 Å². The van der Waals surface area contributed by atoms with Crippen molar-refractivity contribution in [1.82, 2.24) is 14.2 Å². The highest BCUT2D eigenvalue weighted by Gasteiger charge is 2.06. The number of hydrogen-bond donors (Lipinski definition) is 3. The van der Waals surface area contributed by atoms with Crippen LogP contribution in [0.1, 0.15) is 0 Å². The maximum absolute atomic E-state index is 10.3. The lowest BCUT2D eigenvalue weighted by molar-refractivity contribution is -0.125. The van der Waals surface area contributed by atoms with Gasteiger partial charge >= 0.3 is 0 Å². The van der Waals surface area contributed by atoms with Gasteiger partial charge in [-0.25, -0.2) is 0 Å². The Morgan fingerprint density at radius 3 is 3.19 bits per heavy atom. The van der Waals surface area contributed by atoms with Crippen LogP contribution < -0.4 is 16.0 Å². The number of aromatic nitrogens is 2. The van der Waals surface area contributed by atoms with E-state index in [9.17, 15) is 9.90 Å². The first kappa shape index (κ1) is 12.8. The second kappa shape index (κ2) is 7.06. The number of nitrogens with one attached hydrogen (secondary N) is 1. The van der Waals surface area contributed by atoms with Gasteiger partial charge in [-0.1, -0.05) is 0 Å². The molecule has 0 aliphatic rings. The van der Waals surface area contributed by atoms with Crippen LogP contribution in [0.3, 0.4) is 0 Å². The van der Waals surface area contributed by atoms with E-state index in [1.54, 1.807) is 0 Å². The average Bonchev–Trinajstić information content (AvgIpc) is 2.74. The quantitative estimate of drug-likeness (QED) is 0.370. The summed E-state index contributed by atoms with van der Waals surface area (Å²) >= 11 is 1.02. The minimum absolute atomic E-state index is 0.0539. The van der Waals surface area contributed by atoms with Crippen molar-refractivity contribution in [2.45, 2.75) is 6.10 Å². The third kappa shape index (κ3) is 5.56. The Morgan fingerprint density at radius 1 is 1.75 bits per heavy atom. The number of nitrogens with zero attached hydrogens (tertiary/aromatic N) is 2. The number of carbonyl (C=O) groups is 1. The summed E-state index contributed by atoms with van der Waals surface area (Å²) in [4.78, 5) is 14.9. The van der Waals surface area contributed by atoms with E-state index in [1.807, 2.05) is 0 Å². The van der Waals surface area contributed by atoms with Gasteiger partial charge in [0, 0.05) is 0 Å². The zero-order valence-electron chi connectivity index (χ0n) is 8.33. The Kier molecular flexibility index (Phi) is 5.64. The molecule has 1 atom stereocenters. The normalized spacial score (nSPS) is 12.3. The maximum atomic E-state index is 10.3. The summed E-state index contributed by atoms with van der Waals surface area (Å²) in [7, 11) is 0. The Hall–Kier alpha value is -1.29. The molecule has 1 rings (SSSR count). The molecule has 1 aromatic rings. The Labute approximate surface area is 95.6 Å². The summed E-state index contributed by atoms with van der Waals surface area (Å²) in [5.74, 6) is -0.228. The topological polar surface area (TPSA) is 120 Å². The molecule has 9 heteroatoms. The van der Waals surface area contributed by atoms with E-state index in [1.165, 1.54) is 6.20 Å². The van der Waals surface area contributed by atoms with E-state index in [-0.39, 0.29) is 19.8 Å². The van der Waals surface area contributed by atoms with Gasteiger partial charge in [0.05, 0.1) is 18.3 Å². The summed E-state index contributed by atoms with van der Waals surface area (Å²) in [6, 6.07) is 0. The van der Waals surface area contributed by atoms with E-state index in [0.717, 1.165) is 11.7 Å². The first-order chi connectivity index (χ1) is 7.68. The van der Waals surface area contributed by atoms with E-state index in [2.05, 4.69) is 19.1 Å². The molecular weight excluding hydrogens is 236 g/mol. The van der Waals surface area contributed by atoms with Crippen molar-refractivity contribution in [3.63, 3.8) is 0 Å². The number of carbonyl (C=O) groups excluding carboxylic acids is 1. The summed E-state index contributed by atoms with van der Waals surface area (Å²) in [6.45, 7) is -0.0766. The van der Waals surface area contributed by atoms with Crippen LogP contribution in [-0.2, 0) is 9.63 Å². The zero-order chi connectivity index (χ0) is 11.8. The first-order valence-electron chi connectivity index (χ1n) is 4.40. The second-order valence-corrected chi connectivity index (χ2v) is 3.37. The number of nitrogens with two attached hydrogens (primary N) is 1. The van der Waals surface area contributed by atoms with Crippen molar-refractivity contribution in [3.05, 3.63) is 6.20 Å². The van der Waals surface area contributed by atoms with Crippen LogP contribution in [0.2, 0.25) is 0 Å². The average molecular weight is 248 g/mol. The van der Waals surface area contributed by atoms with Gasteiger partial charge in [0.15, 0.2) is 0 Å². The van der Waals surface area contributed by atoms with Gasteiger partial charge < -0.3 is 15.6 Å². The number of aliphatic hydroxyl groups is 1. The summed E-state index contributed by atoms with van der Waals surface area (Å²) in [6.07, 6.45) is 0.670. The fourth-order valence-electron chi connectivity index (χ4n) is 0.737. The molecule has 16 heavy (non-hydrogen) atoms. The molecule has 0 aliphatic carbocycles. The Bertz CT molecular complexity index is 307. The van der Waals surface area contributed by atoms with Gasteiger partial charge in [-0.15, -0.1) is 4.37 Å². The third-order valence-corrected chi connectivity index (χ3v) is 1.86. The first-order valence-corrected chi connectivity index (χ1v) is 5.13. The molecule has 4 N–H and O–H groups in total. The standard InChI is InChI=1S/C7H12N4O4S/c8-6(13)4-15-9-1-5(12)3-14-7-2-10-16-11-7/h2,5,9,12H,1,3-4H2,(H2,8,13). The number of ether oxygens (including phenoxy) is 1. The van der Waals surface area contributed by atoms with E-state index < -0.39 is 12.0 Å². The van der Waals surface area contributed by atoms with Gasteiger partial charge in [-0.05, 0) is 0 Å². The minimum atomic E-state index is -0.783. The predicted molar refractivity (Wildman–Crippen MR) is 54.6 cm³/mol. The second-order valence-electron chi connectivity index (χ2n) is 2.81. The lowest BCUT2D eigenvalue weighted by Crippen LogP contribution is -2.33. The van der Waals surface area contributed by atoms with Gasteiger partial charge in [-0.2, -0.15) is 9.85 Å². The lowest BCUT2D eigenvalue weighted by Gasteiger charge is -2.11. The maximum Gasteiger partial charge on any atom is 0.245 e. The highest BCUT2D eigenvalue weighted by molar-refractivity contribution is 6.99. The Morgan fingerprint density at radius 2 is 2.56 bits per heavy atom. The molecule has 1 aromatic heterocycles. The number of amides is 1. The van der Waals surface area contributed by atoms with E-state index in [0.29, 0.717) is 5.88 Å². The number of hydroxylamine groups is 1. The monoisotopic (exact) mass is 248 g/mol. The third-order valence-electron chi connectivity index (χ3n) is 1.40. The molecule has 0 spiro atoms. The van der Waals surface area contributed by atoms with Crippen LogP contribution in [0, 0.1) is 0 Å². The lowest BCUT2D eigenvalue weighted by atomic mass is 10.4. The smallest absolute Gasteiger partial charge is 0.245 e. The molecule has 0 saturated carbocycles. The van der Waals surface area contributed by atoms with Crippen LogP contribution in [0.4, 0.5) is 0 Å². The summed E-state index contributed by atoms with van der Waals surface area (Å²) in [5.41, 5.74) is 7.21. The van der Waals surface area contributed by atoms with Crippen molar-refractivity contribution in [3.8, 4) is 5.88 Å². The fraction of sp³-hybridized carbons (Fsp3) is 0.571. The van der Waals surface area contributed by atoms with Crippen LogP contribution >= 0.6 is 11.7 Å². The van der Waals surface area contributed by atoms with Crippen LogP contribution in [0.25, 0.3) is 0 Å². The molecule has 0 aromatic carbocycles. The van der Waals surface area contributed by atoms with Gasteiger partial charge in [0.1, 0.15) is 25.5 Å². The van der Waals surface area contributed by atoms with E-state index in [4.69, 9.17) is 10.5 Å². The fourth-order valence-corrected chi connectivity index (χ4v) is 1.10. The molecule has 1 unspecified atom stereocenters. The van der Waals surface area contributed by atoms with Crippen LogP contribution in [-0.4, -0.2) is 45.6 Å². The number of aliphatic hydroxyl groups excluding tert-OH is 1. The predicted octanol–water partition coefficient (Wildman–Crippen LogP) is -1.72. The van der Waals surface area contributed by atoms with Crippen LogP contribution in [0.15, 0.2) is 6.20 Å². The highest BCUT2D eigenvalue weighted by atomic mass is 32.1. The van der Waals surface area contributed by atoms with Crippen molar-refractivity contribution < 1.29 is 19.5 Å². The number of hydrogen-bond acceptors (Lipinski definition) is 8. The number of rotatable bonds is 8. The summed E-state index contributed by atoms with van der Waals surface area (Å²) < 4.78 is 12.6. The largest absolute Gasteiger partial charge is 0.473 e. The van der Waals surface area contributed by atoms with Crippen molar-refractivity contribution in [2.24, 2.45) is 5.73 Å². The molecule has 0 radical (unpaired) electrons. The molecule has 0 aliphatic heterocycles. The van der Waals surface area contributed by atoms with Gasteiger partial charge in [0.2, 0.25) is 11.8 Å². The molecule has 1 heterocycles. The van der Waals surface area contributed by atoms with Gasteiger partial charge in [0.25, 0.3) is 0 Å². The molecule has 0 fully saturated rings. The van der Waals surface area contributed by atoms with Crippen molar-refractivity contribution >= 4 is 17.6 Å². The Balaban J connectivity index is 2.02. The molecule has 0 bridgehead atoms.